The van der Waals surface area contributed by atoms with Crippen LogP contribution in [0, 0.1) is 0 Å². The van der Waals surface area contributed by atoms with Gasteiger partial charge in [-0.1, -0.05) is 19.4 Å². The van der Waals surface area contributed by atoms with E-state index in [9.17, 15) is 4.79 Å². The molecule has 0 saturated carbocycles. The Kier molecular flexibility index (Phi) is 3.97. The maximum Gasteiger partial charge on any atom is 0.302 e. The zero-order valence-electron chi connectivity index (χ0n) is 10.7. The van der Waals surface area contributed by atoms with E-state index < -0.39 is 0 Å². The Bertz CT molecular complexity index is 545. The lowest BCUT2D eigenvalue weighted by Crippen LogP contribution is -1.98. The van der Waals surface area contributed by atoms with Gasteiger partial charge in [0, 0.05) is 13.3 Å². The predicted octanol–water partition coefficient (Wildman–Crippen LogP) is 3.23. The van der Waals surface area contributed by atoms with Gasteiger partial charge in [0.25, 0.3) is 0 Å². The van der Waals surface area contributed by atoms with Gasteiger partial charge in [-0.25, -0.2) is 4.98 Å². The zero-order chi connectivity index (χ0) is 13.0. The van der Waals surface area contributed by atoms with Crippen molar-refractivity contribution in [2.75, 3.05) is 0 Å². The second kappa shape index (κ2) is 5.67. The second-order valence-electron chi connectivity index (χ2n) is 4.29. The Morgan fingerprint density at radius 3 is 3.00 bits per heavy atom. The van der Waals surface area contributed by atoms with Crippen molar-refractivity contribution in [3.8, 4) is 0 Å². The van der Waals surface area contributed by atoms with Crippen LogP contribution in [0.15, 0.2) is 22.6 Å². The summed E-state index contributed by atoms with van der Waals surface area (Å²) in [6.07, 6.45) is 3.06. The molecule has 2 rings (SSSR count). The van der Waals surface area contributed by atoms with Gasteiger partial charge in [-0.2, -0.15) is 0 Å². The molecule has 0 bridgehead atoms. The third kappa shape index (κ3) is 3.09. The van der Waals surface area contributed by atoms with Crippen LogP contribution in [0.4, 0.5) is 0 Å². The minimum atomic E-state index is -0.281. The number of benzene rings is 1. The highest BCUT2D eigenvalue weighted by molar-refractivity contribution is 5.73. The zero-order valence-corrected chi connectivity index (χ0v) is 10.7. The van der Waals surface area contributed by atoms with Crippen LogP contribution in [0.5, 0.6) is 0 Å². The first-order valence-corrected chi connectivity index (χ1v) is 6.20. The number of hydrogen-bond acceptors (Lipinski definition) is 4. The van der Waals surface area contributed by atoms with Crippen molar-refractivity contribution < 1.29 is 13.9 Å². The fraction of sp³-hybridized carbons (Fsp3) is 0.429. The lowest BCUT2D eigenvalue weighted by Gasteiger charge is -2.00. The van der Waals surface area contributed by atoms with Gasteiger partial charge in [0.15, 0.2) is 11.5 Å². The highest BCUT2D eigenvalue weighted by Crippen LogP contribution is 2.19. The molecular formula is C14H17NO3. The number of oxazole rings is 1. The Morgan fingerprint density at radius 2 is 2.28 bits per heavy atom. The largest absolute Gasteiger partial charge is 0.461 e. The van der Waals surface area contributed by atoms with Crippen LogP contribution in [0.1, 0.15) is 38.1 Å². The van der Waals surface area contributed by atoms with Crippen molar-refractivity contribution >= 4 is 17.1 Å². The summed E-state index contributed by atoms with van der Waals surface area (Å²) in [5.41, 5.74) is 2.52. The van der Waals surface area contributed by atoms with Gasteiger partial charge < -0.3 is 9.15 Å². The summed E-state index contributed by atoms with van der Waals surface area (Å²) in [6, 6.07) is 5.67. The number of esters is 1. The summed E-state index contributed by atoms with van der Waals surface area (Å²) in [5, 5.41) is 0. The molecule has 96 valence electrons. The molecule has 4 heteroatoms. The van der Waals surface area contributed by atoms with Crippen molar-refractivity contribution in [2.45, 2.75) is 39.7 Å². The number of fused-ring (bicyclic) bond motifs is 1. The summed E-state index contributed by atoms with van der Waals surface area (Å²) in [6.45, 7) is 3.81. The maximum absolute atomic E-state index is 10.7. The van der Waals surface area contributed by atoms with Crippen LogP contribution in [0.3, 0.4) is 0 Å². The SMILES string of the molecule is CCCCc1nc2ccc(COC(C)=O)cc2o1. The van der Waals surface area contributed by atoms with Crippen LogP contribution in [0.25, 0.3) is 11.1 Å². The van der Waals surface area contributed by atoms with Gasteiger partial charge >= 0.3 is 5.97 Å². The van der Waals surface area contributed by atoms with E-state index in [-0.39, 0.29) is 12.6 Å². The molecule has 4 nitrogen and oxygen atoms in total. The van der Waals surface area contributed by atoms with E-state index in [1.54, 1.807) is 0 Å². The molecule has 0 atom stereocenters. The summed E-state index contributed by atoms with van der Waals surface area (Å²) < 4.78 is 10.6. The molecule has 0 aliphatic carbocycles. The van der Waals surface area contributed by atoms with Gasteiger partial charge in [0.05, 0.1) is 0 Å². The fourth-order valence-electron chi connectivity index (χ4n) is 1.73. The van der Waals surface area contributed by atoms with Crippen LogP contribution in [-0.4, -0.2) is 11.0 Å². The Balaban J connectivity index is 2.14. The van der Waals surface area contributed by atoms with E-state index in [4.69, 9.17) is 9.15 Å². The topological polar surface area (TPSA) is 52.3 Å². The molecule has 0 spiro atoms. The molecule has 0 N–H and O–H groups in total. The average Bonchev–Trinajstić information content (AvgIpc) is 2.75. The number of rotatable bonds is 5. The number of nitrogens with zero attached hydrogens (tertiary/aromatic N) is 1. The highest BCUT2D eigenvalue weighted by atomic mass is 16.5. The first kappa shape index (κ1) is 12.6. The van der Waals surface area contributed by atoms with Gasteiger partial charge in [0.2, 0.25) is 0 Å². The van der Waals surface area contributed by atoms with E-state index in [1.807, 2.05) is 18.2 Å². The molecule has 0 fully saturated rings. The number of aryl methyl sites for hydroxylation is 1. The average molecular weight is 247 g/mol. The molecule has 18 heavy (non-hydrogen) atoms. The van der Waals surface area contributed by atoms with Crippen molar-refractivity contribution in [3.63, 3.8) is 0 Å². The normalized spacial score (nSPS) is 10.8. The molecular weight excluding hydrogens is 230 g/mol. The summed E-state index contributed by atoms with van der Waals surface area (Å²) >= 11 is 0. The Morgan fingerprint density at radius 1 is 1.44 bits per heavy atom. The third-order valence-corrected chi connectivity index (χ3v) is 2.68. The molecule has 0 aliphatic heterocycles. The lowest BCUT2D eigenvalue weighted by molar-refractivity contribution is -0.142. The standard InChI is InChI=1S/C14H17NO3/c1-3-4-5-14-15-12-7-6-11(8-13(12)18-14)9-17-10(2)16/h6-8H,3-5,9H2,1-2H3. The fourth-order valence-corrected chi connectivity index (χ4v) is 1.73. The number of carbonyl (C=O) groups is 1. The predicted molar refractivity (Wildman–Crippen MR) is 68.1 cm³/mol. The first-order valence-electron chi connectivity index (χ1n) is 6.20. The minimum Gasteiger partial charge on any atom is -0.461 e. The number of carbonyl (C=O) groups excluding carboxylic acids is 1. The van der Waals surface area contributed by atoms with Crippen LogP contribution >= 0.6 is 0 Å². The first-order chi connectivity index (χ1) is 8.69. The Hall–Kier alpha value is -1.84. The summed E-state index contributed by atoms with van der Waals surface area (Å²) in [5.74, 6) is 0.493. The van der Waals surface area contributed by atoms with Crippen LogP contribution in [-0.2, 0) is 22.6 Å². The van der Waals surface area contributed by atoms with Crippen LogP contribution < -0.4 is 0 Å². The van der Waals surface area contributed by atoms with Gasteiger partial charge in [-0.15, -0.1) is 0 Å². The lowest BCUT2D eigenvalue weighted by atomic mass is 10.2. The molecule has 2 aromatic rings. The van der Waals surface area contributed by atoms with Crippen molar-refractivity contribution in [1.29, 1.82) is 0 Å². The van der Waals surface area contributed by atoms with Gasteiger partial charge in [0.1, 0.15) is 12.1 Å². The molecule has 0 amide bonds. The molecule has 0 unspecified atom stereocenters. The van der Waals surface area contributed by atoms with Crippen molar-refractivity contribution in [2.24, 2.45) is 0 Å². The van der Waals surface area contributed by atoms with E-state index in [0.29, 0.717) is 0 Å². The number of ether oxygens (including phenoxy) is 1. The van der Waals surface area contributed by atoms with E-state index >= 15 is 0 Å². The smallest absolute Gasteiger partial charge is 0.302 e. The summed E-state index contributed by atoms with van der Waals surface area (Å²) in [7, 11) is 0. The third-order valence-electron chi connectivity index (χ3n) is 2.68. The molecule has 0 radical (unpaired) electrons. The molecule has 0 saturated heterocycles. The second-order valence-corrected chi connectivity index (χ2v) is 4.29. The highest BCUT2D eigenvalue weighted by Gasteiger charge is 2.06. The molecule has 1 heterocycles. The quantitative estimate of drug-likeness (QED) is 0.761. The Labute approximate surface area is 106 Å². The number of unbranched alkanes of at least 4 members (excludes halogenated alkanes) is 1. The van der Waals surface area contributed by atoms with Gasteiger partial charge in [-0.3, -0.25) is 4.79 Å². The molecule has 1 aromatic carbocycles. The molecule has 0 aliphatic rings. The van der Waals surface area contributed by atoms with E-state index in [2.05, 4.69) is 11.9 Å². The van der Waals surface area contributed by atoms with E-state index in [0.717, 1.165) is 41.8 Å². The summed E-state index contributed by atoms with van der Waals surface area (Å²) in [4.78, 5) is 15.2. The van der Waals surface area contributed by atoms with Crippen molar-refractivity contribution in [1.82, 2.24) is 4.98 Å². The van der Waals surface area contributed by atoms with E-state index in [1.165, 1.54) is 6.92 Å². The number of hydrogen-bond donors (Lipinski definition) is 0. The minimum absolute atomic E-state index is 0.274. The van der Waals surface area contributed by atoms with Crippen LogP contribution in [0.2, 0.25) is 0 Å². The number of aromatic nitrogens is 1. The maximum atomic E-state index is 10.7. The monoisotopic (exact) mass is 247 g/mol. The van der Waals surface area contributed by atoms with Crippen molar-refractivity contribution in [3.05, 3.63) is 29.7 Å². The molecule has 1 aromatic heterocycles. The van der Waals surface area contributed by atoms with Gasteiger partial charge in [-0.05, 0) is 24.1 Å².